The fraction of sp³-hybridized carbons (Fsp3) is 0.500. The minimum absolute atomic E-state index is 0.314. The predicted molar refractivity (Wildman–Crippen MR) is 63.7 cm³/mol. The molecule has 1 unspecified atom stereocenters. The third kappa shape index (κ3) is 1.35. The van der Waals surface area contributed by atoms with Crippen molar-refractivity contribution in [2.45, 2.75) is 11.8 Å². The normalized spacial score (nSPS) is 29.5. The lowest BCUT2D eigenvalue weighted by atomic mass is 9.82. The van der Waals surface area contributed by atoms with E-state index in [1.807, 2.05) is 6.07 Å². The molecule has 80 valence electrons. The molecular formula is C12H15ClN2. The summed E-state index contributed by atoms with van der Waals surface area (Å²) in [5.74, 6) is 0. The molecule has 1 N–H and O–H groups in total. The fourth-order valence-corrected chi connectivity index (χ4v) is 3.08. The second-order valence-corrected chi connectivity index (χ2v) is 5.25. The number of hydrogen-bond donors (Lipinski definition) is 1. The summed E-state index contributed by atoms with van der Waals surface area (Å²) >= 11 is 6.08. The molecule has 0 saturated carbocycles. The van der Waals surface area contributed by atoms with Crippen LogP contribution < -0.4 is 5.32 Å². The molecule has 1 aromatic rings. The van der Waals surface area contributed by atoms with Crippen molar-refractivity contribution in [2.75, 3.05) is 32.0 Å². The summed E-state index contributed by atoms with van der Waals surface area (Å²) in [5, 5.41) is 4.35. The van der Waals surface area contributed by atoms with Gasteiger partial charge in [-0.3, -0.25) is 0 Å². The third-order valence-corrected chi connectivity index (χ3v) is 3.95. The van der Waals surface area contributed by atoms with E-state index in [0.29, 0.717) is 5.41 Å². The number of fused-ring (bicyclic) bond motifs is 2. The van der Waals surface area contributed by atoms with Gasteiger partial charge in [-0.25, -0.2) is 0 Å². The Kier molecular flexibility index (Phi) is 1.98. The zero-order chi connectivity index (χ0) is 10.5. The Morgan fingerprint density at radius 2 is 2.33 bits per heavy atom. The summed E-state index contributed by atoms with van der Waals surface area (Å²) in [6.45, 7) is 3.40. The van der Waals surface area contributed by atoms with Gasteiger partial charge < -0.3 is 10.2 Å². The molecule has 2 heterocycles. The Labute approximate surface area is 95.2 Å². The Hall–Kier alpha value is -0.730. The first-order valence-electron chi connectivity index (χ1n) is 5.42. The predicted octanol–water partition coefficient (Wildman–Crippen LogP) is 2.34. The van der Waals surface area contributed by atoms with Crippen molar-refractivity contribution in [1.82, 2.24) is 4.90 Å². The van der Waals surface area contributed by atoms with Crippen molar-refractivity contribution in [3.63, 3.8) is 0 Å². The zero-order valence-electron chi connectivity index (χ0n) is 8.89. The minimum Gasteiger partial charge on any atom is -0.384 e. The van der Waals surface area contributed by atoms with Crippen LogP contribution in [0.1, 0.15) is 12.0 Å². The third-order valence-electron chi connectivity index (χ3n) is 3.71. The first-order chi connectivity index (χ1) is 7.20. The molecule has 1 aromatic carbocycles. The molecule has 1 spiro atoms. The van der Waals surface area contributed by atoms with Gasteiger partial charge in [-0.1, -0.05) is 11.6 Å². The SMILES string of the molecule is CN1CCC2(CNc3ccc(Cl)cc32)C1. The lowest BCUT2D eigenvalue weighted by Gasteiger charge is -2.23. The summed E-state index contributed by atoms with van der Waals surface area (Å²) in [5.41, 5.74) is 3.00. The highest BCUT2D eigenvalue weighted by atomic mass is 35.5. The summed E-state index contributed by atoms with van der Waals surface area (Å²) in [6.07, 6.45) is 1.24. The van der Waals surface area contributed by atoms with Crippen molar-refractivity contribution in [3.8, 4) is 0 Å². The van der Waals surface area contributed by atoms with Crippen LogP contribution in [0.15, 0.2) is 18.2 Å². The quantitative estimate of drug-likeness (QED) is 0.725. The molecule has 3 rings (SSSR count). The molecule has 0 amide bonds. The topological polar surface area (TPSA) is 15.3 Å². The molecule has 0 aliphatic carbocycles. The molecule has 2 aliphatic heterocycles. The van der Waals surface area contributed by atoms with Gasteiger partial charge in [0.25, 0.3) is 0 Å². The second kappa shape index (κ2) is 3.13. The van der Waals surface area contributed by atoms with Crippen LogP contribution in [0.4, 0.5) is 5.69 Å². The van der Waals surface area contributed by atoms with Crippen molar-refractivity contribution in [2.24, 2.45) is 0 Å². The second-order valence-electron chi connectivity index (χ2n) is 4.81. The van der Waals surface area contributed by atoms with E-state index >= 15 is 0 Å². The van der Waals surface area contributed by atoms with E-state index in [1.165, 1.54) is 24.2 Å². The average molecular weight is 223 g/mol. The van der Waals surface area contributed by atoms with Crippen molar-refractivity contribution < 1.29 is 0 Å². The van der Waals surface area contributed by atoms with Gasteiger partial charge in [-0.2, -0.15) is 0 Å². The van der Waals surface area contributed by atoms with Gasteiger partial charge in [0, 0.05) is 29.2 Å². The number of nitrogens with one attached hydrogen (secondary N) is 1. The highest BCUT2D eigenvalue weighted by Crippen LogP contribution is 2.43. The van der Waals surface area contributed by atoms with Gasteiger partial charge in [0.1, 0.15) is 0 Å². The first kappa shape index (κ1) is 9.49. The Morgan fingerprint density at radius 3 is 3.07 bits per heavy atom. The number of nitrogens with zero attached hydrogens (tertiary/aromatic N) is 1. The van der Waals surface area contributed by atoms with Crippen LogP contribution in [0.2, 0.25) is 5.02 Å². The van der Waals surface area contributed by atoms with Crippen LogP contribution in [0.5, 0.6) is 0 Å². The molecule has 2 nitrogen and oxygen atoms in total. The number of likely N-dealkylation sites (tertiary alicyclic amines) is 1. The lowest BCUT2D eigenvalue weighted by Crippen LogP contribution is -2.31. The highest BCUT2D eigenvalue weighted by Gasteiger charge is 2.43. The highest BCUT2D eigenvalue weighted by molar-refractivity contribution is 6.30. The van der Waals surface area contributed by atoms with Gasteiger partial charge in [-0.05, 0) is 43.8 Å². The summed E-state index contributed by atoms with van der Waals surface area (Å²) in [6, 6.07) is 6.20. The lowest BCUT2D eigenvalue weighted by molar-refractivity contribution is 0.381. The van der Waals surface area contributed by atoms with E-state index in [1.54, 1.807) is 0 Å². The maximum Gasteiger partial charge on any atom is 0.0410 e. The van der Waals surface area contributed by atoms with E-state index in [4.69, 9.17) is 11.6 Å². The van der Waals surface area contributed by atoms with Crippen LogP contribution in [-0.2, 0) is 5.41 Å². The van der Waals surface area contributed by atoms with Crippen molar-refractivity contribution in [1.29, 1.82) is 0 Å². The van der Waals surface area contributed by atoms with Crippen LogP contribution in [-0.4, -0.2) is 31.6 Å². The Morgan fingerprint density at radius 1 is 1.47 bits per heavy atom. The van der Waals surface area contributed by atoms with Gasteiger partial charge >= 0.3 is 0 Å². The number of benzene rings is 1. The summed E-state index contributed by atoms with van der Waals surface area (Å²) in [4.78, 5) is 2.40. The molecule has 2 aliphatic rings. The maximum atomic E-state index is 6.08. The van der Waals surface area contributed by atoms with Crippen LogP contribution in [0.3, 0.4) is 0 Å². The molecular weight excluding hydrogens is 208 g/mol. The number of halogens is 1. The zero-order valence-corrected chi connectivity index (χ0v) is 9.64. The minimum atomic E-state index is 0.314. The van der Waals surface area contributed by atoms with Gasteiger partial charge in [0.05, 0.1) is 0 Å². The largest absolute Gasteiger partial charge is 0.384 e. The van der Waals surface area contributed by atoms with E-state index in [0.717, 1.165) is 18.1 Å². The smallest absolute Gasteiger partial charge is 0.0410 e. The number of likely N-dealkylation sites (N-methyl/N-ethyl adjacent to an activating group) is 1. The number of anilines is 1. The summed E-state index contributed by atoms with van der Waals surface area (Å²) in [7, 11) is 2.19. The fourth-order valence-electron chi connectivity index (χ4n) is 2.91. The van der Waals surface area contributed by atoms with E-state index < -0.39 is 0 Å². The molecule has 15 heavy (non-hydrogen) atoms. The monoisotopic (exact) mass is 222 g/mol. The Balaban J connectivity index is 2.07. The number of rotatable bonds is 0. The molecule has 0 aromatic heterocycles. The van der Waals surface area contributed by atoms with Crippen LogP contribution in [0, 0.1) is 0 Å². The molecule has 1 saturated heterocycles. The standard InChI is InChI=1S/C12H15ClN2/c1-15-5-4-12(8-15)7-14-11-3-2-9(13)6-10(11)12/h2-3,6,14H,4-5,7-8H2,1H3. The average Bonchev–Trinajstić information content (AvgIpc) is 2.74. The van der Waals surface area contributed by atoms with E-state index in [9.17, 15) is 0 Å². The van der Waals surface area contributed by atoms with E-state index in [-0.39, 0.29) is 0 Å². The molecule has 0 radical (unpaired) electrons. The summed E-state index contributed by atoms with van der Waals surface area (Å²) < 4.78 is 0. The molecule has 0 bridgehead atoms. The van der Waals surface area contributed by atoms with Crippen molar-refractivity contribution in [3.05, 3.63) is 28.8 Å². The molecule has 1 atom stereocenters. The Bertz CT molecular complexity index is 401. The number of hydrogen-bond acceptors (Lipinski definition) is 2. The van der Waals surface area contributed by atoms with Crippen LogP contribution in [0.25, 0.3) is 0 Å². The van der Waals surface area contributed by atoms with Gasteiger partial charge in [0.15, 0.2) is 0 Å². The van der Waals surface area contributed by atoms with Crippen molar-refractivity contribution >= 4 is 17.3 Å². The van der Waals surface area contributed by atoms with Gasteiger partial charge in [-0.15, -0.1) is 0 Å². The van der Waals surface area contributed by atoms with E-state index in [2.05, 4.69) is 29.4 Å². The maximum absolute atomic E-state index is 6.08. The molecule has 1 fully saturated rings. The molecule has 3 heteroatoms. The first-order valence-corrected chi connectivity index (χ1v) is 5.80. The van der Waals surface area contributed by atoms with Gasteiger partial charge in [0.2, 0.25) is 0 Å². The van der Waals surface area contributed by atoms with Crippen LogP contribution >= 0.6 is 11.6 Å².